The molecule has 0 spiro atoms. The average Bonchev–Trinajstić information content (AvgIpc) is 3.94. The number of primary amides is 1. The minimum Gasteiger partial charge on any atom is -0.457 e. The average molecular weight is 643 g/mol. The zero-order valence-electron chi connectivity index (χ0n) is 27.3. The molecule has 0 saturated heterocycles. The lowest BCUT2D eigenvalue weighted by molar-refractivity contribution is -0.135. The van der Waals surface area contributed by atoms with Crippen molar-refractivity contribution in [3.63, 3.8) is 0 Å². The number of fused-ring (bicyclic) bond motifs is 1. The Hall–Kier alpha value is -5.24. The fraction of sp³-hybridized carbons (Fsp3) is 0.300. The Morgan fingerprint density at radius 1 is 0.896 bits per heavy atom. The van der Waals surface area contributed by atoms with Crippen LogP contribution in [0.1, 0.15) is 62.1 Å². The number of unbranched alkanes of at least 4 members (excludes halogenated alkanes) is 1. The number of nitrogens with one attached hydrogen (secondary N) is 1. The van der Waals surface area contributed by atoms with Gasteiger partial charge in [-0.05, 0) is 54.7 Å². The van der Waals surface area contributed by atoms with Crippen molar-refractivity contribution in [2.45, 2.75) is 58.2 Å². The molecule has 1 aliphatic carbocycles. The van der Waals surface area contributed by atoms with Gasteiger partial charge in [0.1, 0.15) is 11.5 Å². The summed E-state index contributed by atoms with van der Waals surface area (Å²) in [5, 5.41) is 3.00. The number of carbonyl (C=O) groups excluding carboxylic acids is 3. The number of para-hydroxylation sites is 2. The molecule has 2 aliphatic rings. The number of ether oxygens (including phenoxy) is 1. The van der Waals surface area contributed by atoms with Crippen LogP contribution in [0.4, 0.5) is 5.69 Å². The zero-order chi connectivity index (χ0) is 33.5. The minimum atomic E-state index is -1.22. The normalized spacial score (nSPS) is 17.0. The van der Waals surface area contributed by atoms with Crippen molar-refractivity contribution in [1.82, 2.24) is 5.32 Å². The second-order valence-corrected chi connectivity index (χ2v) is 12.7. The first-order chi connectivity index (χ1) is 23.4. The molecule has 0 aromatic heterocycles. The van der Waals surface area contributed by atoms with Gasteiger partial charge >= 0.3 is 0 Å². The van der Waals surface area contributed by atoms with E-state index in [4.69, 9.17) is 15.5 Å². The van der Waals surface area contributed by atoms with E-state index in [1.54, 1.807) is 4.90 Å². The third kappa shape index (κ3) is 7.82. The van der Waals surface area contributed by atoms with Gasteiger partial charge in [0, 0.05) is 23.0 Å². The number of nitrogens with zero attached hydrogens (tertiary/aromatic N) is 2. The molecule has 1 aliphatic heterocycles. The van der Waals surface area contributed by atoms with Crippen molar-refractivity contribution < 1.29 is 19.1 Å². The molecule has 8 nitrogen and oxygen atoms in total. The maximum atomic E-state index is 14.6. The maximum absolute atomic E-state index is 14.6. The molecule has 246 valence electrons. The van der Waals surface area contributed by atoms with Crippen LogP contribution < -0.4 is 20.7 Å². The standard InChI is InChI=1S/C40H42N4O4/c1-2-3-19-32(37(41)45)34(25-27-22-23-27)39(46)43-38-40(47)44(26-28-13-12-18-31(24-28)48-30-16-8-5-9-17-30)35-21-11-10-20-33(35)36(42-38)29-14-6-4-7-15-29/h4-18,20-21,24,27,32,34,38H,2-3,19,22-23,25-26H2,1H3,(H2,41,45)(H,43,46)/t32-,34+,38?/m0/s1. The van der Waals surface area contributed by atoms with Gasteiger partial charge in [-0.2, -0.15) is 0 Å². The van der Waals surface area contributed by atoms with Crippen molar-refractivity contribution >= 4 is 29.1 Å². The lowest BCUT2D eigenvalue weighted by Gasteiger charge is -2.28. The molecule has 1 heterocycles. The number of hydrogen-bond donors (Lipinski definition) is 2. The lowest BCUT2D eigenvalue weighted by Crippen LogP contribution is -2.50. The summed E-state index contributed by atoms with van der Waals surface area (Å²) in [5.74, 6) is -0.706. The summed E-state index contributed by atoms with van der Waals surface area (Å²) in [6.45, 7) is 2.27. The van der Waals surface area contributed by atoms with Crippen LogP contribution in [0.25, 0.3) is 0 Å². The SMILES string of the molecule is CCCC[C@H](C(N)=O)[C@@H](CC1CC1)C(=O)NC1N=C(c2ccccc2)c2ccccc2N(Cc2cccc(Oc3ccccc3)c2)C1=O. The van der Waals surface area contributed by atoms with Gasteiger partial charge in [0.25, 0.3) is 5.91 Å². The Morgan fingerprint density at radius 3 is 2.29 bits per heavy atom. The molecule has 48 heavy (non-hydrogen) atoms. The van der Waals surface area contributed by atoms with Crippen molar-refractivity contribution in [2.75, 3.05) is 4.90 Å². The van der Waals surface area contributed by atoms with E-state index >= 15 is 0 Å². The fourth-order valence-corrected chi connectivity index (χ4v) is 6.40. The Morgan fingerprint density at radius 2 is 1.58 bits per heavy atom. The maximum Gasteiger partial charge on any atom is 0.272 e. The zero-order valence-corrected chi connectivity index (χ0v) is 27.3. The number of aliphatic imine (C=N–C) groups is 1. The lowest BCUT2D eigenvalue weighted by atomic mass is 9.83. The topological polar surface area (TPSA) is 114 Å². The summed E-state index contributed by atoms with van der Waals surface area (Å²) in [7, 11) is 0. The molecule has 3 atom stereocenters. The largest absolute Gasteiger partial charge is 0.457 e. The van der Waals surface area contributed by atoms with Crippen molar-refractivity contribution in [3.8, 4) is 11.5 Å². The highest BCUT2D eigenvalue weighted by Crippen LogP contribution is 2.39. The second kappa shape index (κ2) is 15.1. The van der Waals surface area contributed by atoms with Crippen LogP contribution in [0.5, 0.6) is 11.5 Å². The molecule has 0 bridgehead atoms. The smallest absolute Gasteiger partial charge is 0.272 e. The molecule has 4 aromatic carbocycles. The van der Waals surface area contributed by atoms with Gasteiger partial charge < -0.3 is 20.7 Å². The van der Waals surface area contributed by atoms with Crippen LogP contribution in [0.15, 0.2) is 114 Å². The highest BCUT2D eigenvalue weighted by Gasteiger charge is 2.40. The van der Waals surface area contributed by atoms with E-state index in [1.807, 2.05) is 116 Å². The number of nitrogens with two attached hydrogens (primary N) is 1. The Labute approximate surface area is 282 Å². The van der Waals surface area contributed by atoms with E-state index in [0.717, 1.165) is 42.4 Å². The molecule has 1 fully saturated rings. The Kier molecular flexibility index (Phi) is 10.3. The monoisotopic (exact) mass is 642 g/mol. The van der Waals surface area contributed by atoms with Crippen LogP contribution in [0.3, 0.4) is 0 Å². The second-order valence-electron chi connectivity index (χ2n) is 12.7. The molecule has 4 aromatic rings. The number of anilines is 1. The van der Waals surface area contributed by atoms with Crippen LogP contribution in [0.2, 0.25) is 0 Å². The predicted molar refractivity (Wildman–Crippen MR) is 188 cm³/mol. The van der Waals surface area contributed by atoms with E-state index in [-0.39, 0.29) is 18.4 Å². The van der Waals surface area contributed by atoms with Gasteiger partial charge in [0.05, 0.1) is 17.9 Å². The number of amides is 3. The molecule has 1 unspecified atom stereocenters. The van der Waals surface area contributed by atoms with Gasteiger partial charge in [-0.3, -0.25) is 14.4 Å². The molecule has 3 N–H and O–H groups in total. The summed E-state index contributed by atoms with van der Waals surface area (Å²) in [6.07, 6.45) is 3.61. The number of carbonyl (C=O) groups is 3. The fourth-order valence-electron chi connectivity index (χ4n) is 6.40. The highest BCUT2D eigenvalue weighted by atomic mass is 16.5. The van der Waals surface area contributed by atoms with Crippen LogP contribution in [-0.4, -0.2) is 29.6 Å². The third-order valence-corrected chi connectivity index (χ3v) is 9.09. The van der Waals surface area contributed by atoms with E-state index in [9.17, 15) is 14.4 Å². The van der Waals surface area contributed by atoms with E-state index in [1.165, 1.54) is 0 Å². The van der Waals surface area contributed by atoms with Gasteiger partial charge in [0.15, 0.2) is 0 Å². The minimum absolute atomic E-state index is 0.220. The van der Waals surface area contributed by atoms with Crippen molar-refractivity contribution in [1.29, 1.82) is 0 Å². The first kappa shape index (κ1) is 32.7. The Bertz CT molecular complexity index is 1770. The summed E-state index contributed by atoms with van der Waals surface area (Å²) in [4.78, 5) is 48.1. The van der Waals surface area contributed by atoms with Gasteiger partial charge in [-0.1, -0.05) is 111 Å². The van der Waals surface area contributed by atoms with E-state index < -0.39 is 23.9 Å². The number of rotatable bonds is 14. The Balaban J connectivity index is 1.36. The first-order valence-corrected chi connectivity index (χ1v) is 16.9. The van der Waals surface area contributed by atoms with Gasteiger partial charge in [-0.15, -0.1) is 0 Å². The summed E-state index contributed by atoms with van der Waals surface area (Å²) < 4.78 is 6.09. The van der Waals surface area contributed by atoms with Crippen LogP contribution in [-0.2, 0) is 20.9 Å². The quantitative estimate of drug-likeness (QED) is 0.154. The predicted octanol–water partition coefficient (Wildman–Crippen LogP) is 7.01. The molecule has 6 rings (SSSR count). The number of hydrogen-bond acceptors (Lipinski definition) is 5. The molecule has 8 heteroatoms. The number of benzene rings is 4. The van der Waals surface area contributed by atoms with E-state index in [2.05, 4.69) is 5.32 Å². The molecule has 3 amide bonds. The third-order valence-electron chi connectivity index (χ3n) is 9.09. The number of benzodiazepines with no additional fused rings is 1. The molecular formula is C40H42N4O4. The van der Waals surface area contributed by atoms with Crippen molar-refractivity contribution in [2.24, 2.45) is 28.5 Å². The van der Waals surface area contributed by atoms with Crippen LogP contribution in [0, 0.1) is 17.8 Å². The van der Waals surface area contributed by atoms with Gasteiger partial charge in [0.2, 0.25) is 18.0 Å². The van der Waals surface area contributed by atoms with Gasteiger partial charge in [-0.25, -0.2) is 4.99 Å². The molecular weight excluding hydrogens is 600 g/mol. The van der Waals surface area contributed by atoms with Crippen molar-refractivity contribution in [3.05, 3.63) is 126 Å². The summed E-state index contributed by atoms with van der Waals surface area (Å²) in [5.41, 5.74) is 9.62. The summed E-state index contributed by atoms with van der Waals surface area (Å²) in [6, 6.07) is 34.5. The highest BCUT2D eigenvalue weighted by molar-refractivity contribution is 6.20. The van der Waals surface area contributed by atoms with Crippen LogP contribution >= 0.6 is 0 Å². The van der Waals surface area contributed by atoms with E-state index in [0.29, 0.717) is 41.7 Å². The molecule has 0 radical (unpaired) electrons. The summed E-state index contributed by atoms with van der Waals surface area (Å²) >= 11 is 0. The molecule has 1 saturated carbocycles. The first-order valence-electron chi connectivity index (χ1n) is 16.9.